The molecule has 37 heavy (non-hydrogen) atoms. The van der Waals surface area contributed by atoms with Gasteiger partial charge in [-0.2, -0.15) is 23.7 Å². The molecule has 0 saturated carbocycles. The molecule has 0 spiro atoms. The molecule has 192 valence electrons. The Balaban J connectivity index is 0.000000294. The van der Waals surface area contributed by atoms with Crippen LogP contribution in [0.3, 0.4) is 0 Å². The largest absolute Gasteiger partial charge is 0.417 e. The quantitative estimate of drug-likeness (QED) is 0.340. The predicted molar refractivity (Wildman–Crippen MR) is 132 cm³/mol. The van der Waals surface area contributed by atoms with Gasteiger partial charge in [-0.05, 0) is 61.0 Å². The molecule has 3 aromatic carbocycles. The standard InChI is InChI=1S/C18H17FN2O2.C9H7F3N2/c1-18(23,12-22)11-21(2)16-8-5-14(10-20)17(9-16)13-3-6-15(19)7-4-13;1-14-7-3-2-6(5-13)8(4-7)9(10,11)12/h3-9,12,23H,11H2,1-2H3;2-4,14H,1H3/t18-;/m0./s1. The minimum Gasteiger partial charge on any atom is -0.388 e. The number of aldehydes is 1. The number of rotatable bonds is 6. The van der Waals surface area contributed by atoms with Crippen molar-refractivity contribution in [2.24, 2.45) is 0 Å². The highest BCUT2D eigenvalue weighted by Gasteiger charge is 2.33. The molecule has 0 radical (unpaired) electrons. The number of anilines is 2. The fourth-order valence-electron chi connectivity index (χ4n) is 3.38. The average molecular weight is 513 g/mol. The summed E-state index contributed by atoms with van der Waals surface area (Å²) in [6.45, 7) is 1.55. The third kappa shape index (κ3) is 7.79. The van der Waals surface area contributed by atoms with Gasteiger partial charge in [-0.25, -0.2) is 4.39 Å². The van der Waals surface area contributed by atoms with E-state index in [1.165, 1.54) is 38.2 Å². The van der Waals surface area contributed by atoms with Gasteiger partial charge in [0.2, 0.25) is 0 Å². The Kier molecular flexibility index (Phi) is 9.36. The highest BCUT2D eigenvalue weighted by atomic mass is 19.4. The van der Waals surface area contributed by atoms with E-state index in [0.29, 0.717) is 23.1 Å². The molecule has 0 aliphatic rings. The lowest BCUT2D eigenvalue weighted by molar-refractivity contribution is -0.137. The van der Waals surface area contributed by atoms with Gasteiger partial charge in [0.15, 0.2) is 6.29 Å². The summed E-state index contributed by atoms with van der Waals surface area (Å²) in [7, 11) is 3.26. The number of nitrogens with zero attached hydrogens (tertiary/aromatic N) is 3. The van der Waals surface area contributed by atoms with E-state index in [0.717, 1.165) is 23.4 Å². The van der Waals surface area contributed by atoms with Crippen LogP contribution in [-0.2, 0) is 11.0 Å². The Morgan fingerprint density at radius 1 is 1.00 bits per heavy atom. The number of alkyl halides is 3. The molecule has 0 heterocycles. The van der Waals surface area contributed by atoms with E-state index in [1.807, 2.05) is 0 Å². The normalized spacial score (nSPS) is 12.2. The second-order valence-electron chi connectivity index (χ2n) is 8.30. The number of halogens is 4. The first-order valence-electron chi connectivity index (χ1n) is 10.8. The molecule has 0 saturated heterocycles. The van der Waals surface area contributed by atoms with Crippen molar-refractivity contribution < 1.29 is 27.5 Å². The van der Waals surface area contributed by atoms with Gasteiger partial charge in [0, 0.05) is 31.0 Å². The lowest BCUT2D eigenvalue weighted by Crippen LogP contribution is -2.40. The van der Waals surface area contributed by atoms with Crippen LogP contribution < -0.4 is 10.2 Å². The zero-order valence-corrected chi connectivity index (χ0v) is 20.3. The summed E-state index contributed by atoms with van der Waals surface area (Å²) in [5.74, 6) is -0.345. The maximum absolute atomic E-state index is 13.1. The summed E-state index contributed by atoms with van der Waals surface area (Å²) in [6.07, 6.45) is -3.99. The summed E-state index contributed by atoms with van der Waals surface area (Å²) in [4.78, 5) is 12.6. The van der Waals surface area contributed by atoms with Crippen LogP contribution in [0.5, 0.6) is 0 Å². The summed E-state index contributed by atoms with van der Waals surface area (Å²) in [5.41, 5.74) is 0.197. The van der Waals surface area contributed by atoms with Crippen molar-refractivity contribution in [2.75, 3.05) is 30.9 Å². The Morgan fingerprint density at radius 2 is 1.59 bits per heavy atom. The molecule has 3 aromatic rings. The van der Waals surface area contributed by atoms with Gasteiger partial charge in [-0.1, -0.05) is 12.1 Å². The molecule has 0 aliphatic carbocycles. The summed E-state index contributed by atoms with van der Waals surface area (Å²) >= 11 is 0. The fourth-order valence-corrected chi connectivity index (χ4v) is 3.38. The number of aliphatic hydroxyl groups is 1. The monoisotopic (exact) mass is 512 g/mol. The van der Waals surface area contributed by atoms with Gasteiger partial charge in [-0.15, -0.1) is 0 Å². The minimum atomic E-state index is -4.49. The Hall–Kier alpha value is -4.41. The van der Waals surface area contributed by atoms with Gasteiger partial charge >= 0.3 is 6.18 Å². The highest BCUT2D eigenvalue weighted by molar-refractivity contribution is 5.75. The lowest BCUT2D eigenvalue weighted by Gasteiger charge is -2.26. The van der Waals surface area contributed by atoms with Crippen LogP contribution >= 0.6 is 0 Å². The van der Waals surface area contributed by atoms with E-state index >= 15 is 0 Å². The first kappa shape index (κ1) is 28.8. The molecule has 2 N–H and O–H groups in total. The molecule has 10 heteroatoms. The predicted octanol–water partition coefficient (Wildman–Crippen LogP) is 5.37. The molecule has 0 bridgehead atoms. The van der Waals surface area contributed by atoms with Gasteiger partial charge in [0.25, 0.3) is 0 Å². The van der Waals surface area contributed by atoms with Gasteiger partial charge in [0.1, 0.15) is 11.4 Å². The van der Waals surface area contributed by atoms with Gasteiger partial charge in [-0.3, -0.25) is 0 Å². The van der Waals surface area contributed by atoms with Crippen molar-refractivity contribution in [2.45, 2.75) is 18.7 Å². The first-order valence-corrected chi connectivity index (χ1v) is 10.8. The molecule has 3 rings (SSSR count). The maximum atomic E-state index is 13.1. The van der Waals surface area contributed by atoms with Crippen LogP contribution in [0.1, 0.15) is 23.6 Å². The Labute approximate surface area is 212 Å². The number of nitrogens with one attached hydrogen (secondary N) is 1. The zero-order chi connectivity index (χ0) is 27.8. The number of carbonyl (C=O) groups excluding carboxylic acids is 1. The second-order valence-corrected chi connectivity index (χ2v) is 8.30. The number of likely N-dealkylation sites (N-methyl/N-ethyl adjacent to an activating group) is 1. The van der Waals surface area contributed by atoms with Crippen molar-refractivity contribution in [1.29, 1.82) is 10.5 Å². The molecule has 0 fully saturated rings. The van der Waals surface area contributed by atoms with Crippen molar-refractivity contribution in [3.8, 4) is 23.3 Å². The van der Waals surface area contributed by atoms with E-state index < -0.39 is 17.3 Å². The van der Waals surface area contributed by atoms with Crippen LogP contribution in [0.4, 0.5) is 28.9 Å². The molecular formula is C27H24F4N4O2. The smallest absolute Gasteiger partial charge is 0.388 e. The van der Waals surface area contributed by atoms with E-state index in [9.17, 15) is 32.7 Å². The fraction of sp³-hybridized carbons (Fsp3) is 0.222. The highest BCUT2D eigenvalue weighted by Crippen LogP contribution is 2.33. The third-order valence-electron chi connectivity index (χ3n) is 5.26. The van der Waals surface area contributed by atoms with E-state index in [1.54, 1.807) is 42.3 Å². The first-order chi connectivity index (χ1) is 17.3. The number of benzene rings is 3. The summed E-state index contributed by atoms with van der Waals surface area (Å²) < 4.78 is 50.2. The molecule has 0 unspecified atom stereocenters. The van der Waals surface area contributed by atoms with Crippen LogP contribution in [0.15, 0.2) is 60.7 Å². The van der Waals surface area contributed by atoms with Crippen molar-refractivity contribution in [3.63, 3.8) is 0 Å². The third-order valence-corrected chi connectivity index (χ3v) is 5.26. The van der Waals surface area contributed by atoms with Crippen molar-refractivity contribution >= 4 is 17.7 Å². The molecule has 1 atom stereocenters. The van der Waals surface area contributed by atoms with Crippen LogP contribution in [0, 0.1) is 28.5 Å². The van der Waals surface area contributed by atoms with Crippen molar-refractivity contribution in [1.82, 2.24) is 0 Å². The van der Waals surface area contributed by atoms with Crippen LogP contribution in [0.2, 0.25) is 0 Å². The molecule has 0 aliphatic heterocycles. The number of nitriles is 2. The average Bonchev–Trinajstić information content (AvgIpc) is 2.88. The summed E-state index contributed by atoms with van der Waals surface area (Å²) in [5, 5.41) is 30.2. The number of hydrogen-bond acceptors (Lipinski definition) is 6. The second kappa shape index (κ2) is 12.0. The van der Waals surface area contributed by atoms with E-state index in [2.05, 4.69) is 11.4 Å². The SMILES string of the molecule is CN(C[C@](C)(O)C=O)c1ccc(C#N)c(-c2ccc(F)cc2)c1.CNc1ccc(C#N)c(C(F)(F)F)c1. The van der Waals surface area contributed by atoms with Crippen LogP contribution in [0.25, 0.3) is 11.1 Å². The summed E-state index contributed by atoms with van der Waals surface area (Å²) in [6, 6.07) is 18.2. The molecule has 6 nitrogen and oxygen atoms in total. The number of hydrogen-bond donors (Lipinski definition) is 2. The zero-order valence-electron chi connectivity index (χ0n) is 20.3. The van der Waals surface area contributed by atoms with Crippen molar-refractivity contribution in [3.05, 3.63) is 83.2 Å². The molecule has 0 aromatic heterocycles. The van der Waals surface area contributed by atoms with E-state index in [-0.39, 0.29) is 17.9 Å². The topological polar surface area (TPSA) is 100 Å². The Morgan fingerprint density at radius 3 is 2.11 bits per heavy atom. The van der Waals surface area contributed by atoms with E-state index in [4.69, 9.17) is 5.26 Å². The van der Waals surface area contributed by atoms with Gasteiger partial charge in [0.05, 0.1) is 35.4 Å². The Bertz CT molecular complexity index is 1320. The molecule has 0 amide bonds. The molecular weight excluding hydrogens is 488 g/mol. The lowest BCUT2D eigenvalue weighted by atomic mass is 9.99. The number of carbonyl (C=O) groups is 1. The minimum absolute atomic E-state index is 0.116. The van der Waals surface area contributed by atoms with Gasteiger partial charge < -0.3 is 20.1 Å². The van der Waals surface area contributed by atoms with Crippen LogP contribution in [-0.4, -0.2) is 37.6 Å². The maximum Gasteiger partial charge on any atom is 0.417 e.